The van der Waals surface area contributed by atoms with Crippen LogP contribution in [0.4, 0.5) is 0 Å². The molecule has 1 heterocycles. The minimum Gasteiger partial charge on any atom is -0.508 e. The van der Waals surface area contributed by atoms with Crippen LogP contribution in [0, 0.1) is 22.7 Å². The number of phenolic OH excluding ortho intramolecular Hbond substituents is 1. The molecule has 45 heteroatoms. The standard InChI is InChI=1S/C89H157N25O19S/c1-8-9-10-11-12-13-14-15-16-17-18-19-20-34-72(118)102-60(29-21-24-40-90)76(122)103-61(30-22-25-41-91)77(123)109-67(46-54(2)3)82(128)105-64(33-28-44-100-89(96)97)80(126)113-71(52-115)86(132)107-65(39-45-134-7)81(127)114-74(56(6)116)87(133)112-70(50-73(119)120)85(131)104-62(31-23-26-42-92)78(124)111-69(48-57-35-37-59(117)38-36-57)84(130)106-63(32-27-43-99-88(94)95)79(125)110-68(47-55(4)5)83(129)108-66(75(93)121)49-58-51-98-53-101-58/h35-38,51,53-56,60-71,74,115-117H,8-34,39-50,52,90-92H2,1-7H3,(H2,93,121)(H,98,101)(H,102,118)(H,103,122)(H,104,131)(H,105,128)(H,106,130)(H,107,132)(H,108,129)(H,109,123)(H,110,125)(H,111,124)(H,112,133)(H,113,126)(H,114,127)(H,119,120)(H4,94,95,99)(H4,96,97,100)/t56-,60+,61+,62-,63+,64+,65+,66+,67+,68+,69+,70+,71+,74+/m1/s1. The van der Waals surface area contributed by atoms with Gasteiger partial charge in [-0.25, -0.2) is 4.98 Å². The van der Waals surface area contributed by atoms with E-state index in [0.29, 0.717) is 49.9 Å². The average Bonchev–Trinajstić information content (AvgIpc) is 0.943. The molecule has 0 fully saturated rings. The zero-order valence-corrected chi connectivity index (χ0v) is 80.0. The Morgan fingerprint density at radius 2 is 0.769 bits per heavy atom. The highest BCUT2D eigenvalue weighted by atomic mass is 32.2. The Hall–Kier alpha value is -11.0. The fourth-order valence-corrected chi connectivity index (χ4v) is 15.0. The average molecular weight is 1910 g/mol. The highest BCUT2D eigenvalue weighted by Crippen LogP contribution is 2.19. The number of aliphatic carboxylic acids is 1. The first kappa shape index (κ1) is 119. The number of guanidine groups is 2. The number of aliphatic hydroxyl groups excluding tert-OH is 2. The number of aromatic amines is 1. The van der Waals surface area contributed by atoms with E-state index in [1.54, 1.807) is 34.0 Å². The van der Waals surface area contributed by atoms with Crippen LogP contribution < -0.4 is 114 Å². The number of unbranched alkanes of at least 4 members (excludes halogenated alkanes) is 15. The van der Waals surface area contributed by atoms with Crippen molar-refractivity contribution in [3.8, 4) is 5.75 Å². The molecule has 2 rings (SSSR count). The van der Waals surface area contributed by atoms with Crippen molar-refractivity contribution in [1.29, 1.82) is 10.8 Å². The summed E-state index contributed by atoms with van der Waals surface area (Å²) < 4.78 is 0. The lowest BCUT2D eigenvalue weighted by Gasteiger charge is -2.29. The molecule has 0 radical (unpaired) electrons. The number of carbonyl (C=O) groups excluding carboxylic acids is 14. The van der Waals surface area contributed by atoms with Crippen LogP contribution in [0.2, 0.25) is 0 Å². The number of aliphatic hydroxyl groups is 2. The number of aromatic nitrogens is 2. The van der Waals surface area contributed by atoms with Crippen LogP contribution in [-0.4, -0.2) is 267 Å². The van der Waals surface area contributed by atoms with Gasteiger partial charge in [-0.1, -0.05) is 124 Å². The molecule has 0 saturated heterocycles. The number of phenols is 1. The highest BCUT2D eigenvalue weighted by Gasteiger charge is 2.40. The molecule has 1 aromatic heterocycles. The third-order valence-corrected chi connectivity index (χ3v) is 22.6. The van der Waals surface area contributed by atoms with Gasteiger partial charge < -0.3 is 140 Å². The van der Waals surface area contributed by atoms with Crippen LogP contribution in [0.25, 0.3) is 0 Å². The van der Waals surface area contributed by atoms with Gasteiger partial charge >= 0.3 is 5.97 Å². The Morgan fingerprint density at radius 1 is 0.418 bits per heavy atom. The van der Waals surface area contributed by atoms with Crippen molar-refractivity contribution in [3.05, 3.63) is 48.0 Å². The first-order valence-corrected chi connectivity index (χ1v) is 48.5. The van der Waals surface area contributed by atoms with Crippen molar-refractivity contribution < 1.29 is 92.3 Å². The summed E-state index contributed by atoms with van der Waals surface area (Å²) in [7, 11) is 0. The van der Waals surface area contributed by atoms with Gasteiger partial charge in [-0.2, -0.15) is 11.8 Å². The van der Waals surface area contributed by atoms with Gasteiger partial charge in [-0.15, -0.1) is 0 Å². The van der Waals surface area contributed by atoms with Crippen LogP contribution in [0.3, 0.4) is 0 Å². The number of rotatable bonds is 75. The summed E-state index contributed by atoms with van der Waals surface area (Å²) in [5, 5.41) is 96.4. The Kier molecular flexibility index (Phi) is 61.2. The summed E-state index contributed by atoms with van der Waals surface area (Å²) in [4.78, 5) is 219. The summed E-state index contributed by atoms with van der Waals surface area (Å²) >= 11 is 1.21. The Labute approximate surface area is 790 Å². The van der Waals surface area contributed by atoms with E-state index < -0.39 is 192 Å². The van der Waals surface area contributed by atoms with Crippen molar-refractivity contribution in [2.75, 3.05) is 51.3 Å². The van der Waals surface area contributed by atoms with Crippen molar-refractivity contribution >= 4 is 112 Å². The maximum Gasteiger partial charge on any atom is 0.305 e. The molecule has 34 N–H and O–H groups in total. The molecular weight excluding hydrogens is 1760 g/mol. The lowest BCUT2D eigenvalue weighted by molar-refractivity contribution is -0.142. The molecule has 14 amide bonds. The number of H-pyrrole nitrogens is 1. The maximum atomic E-state index is 14.8. The van der Waals surface area contributed by atoms with E-state index in [2.05, 4.69) is 96.6 Å². The van der Waals surface area contributed by atoms with Gasteiger partial charge in [-0.3, -0.25) is 82.7 Å². The largest absolute Gasteiger partial charge is 0.508 e. The number of primary amides is 1. The van der Waals surface area contributed by atoms with E-state index in [0.717, 1.165) is 32.6 Å². The Balaban J connectivity index is 2.51. The third-order valence-electron chi connectivity index (χ3n) is 22.0. The van der Waals surface area contributed by atoms with E-state index in [-0.39, 0.29) is 152 Å². The fourth-order valence-electron chi connectivity index (χ4n) is 14.5. The number of hydrogen-bond donors (Lipinski definition) is 28. The first-order chi connectivity index (χ1) is 63.8. The SMILES string of the molecule is CCCCCCCCCCCCCCCC(=O)N[C@@H](CCCCN)C(=O)N[C@@H](CCCCN)C(=O)N[C@@H](CC(C)C)C(=O)N[C@@H](CCCNC(=N)N)C(=O)N[C@@H](CO)C(=O)N[C@@H](CCSC)C(=O)N[C@H](C(=O)N[C@@H](CC(=O)O)C(=O)N[C@H](CCCCN)C(=O)N[C@@H](Cc1ccc(O)cc1)C(=O)N[C@@H](CCCNC(=N)N)C(=O)N[C@@H](CC(C)C)C(=O)N[C@@H](Cc1c[nH]cn1)C(N)=O)[C@@H](C)O. The lowest BCUT2D eigenvalue weighted by Crippen LogP contribution is -2.62. The Morgan fingerprint density at radius 3 is 1.15 bits per heavy atom. The summed E-state index contributed by atoms with van der Waals surface area (Å²) in [6, 6.07) is -14.8. The van der Waals surface area contributed by atoms with Gasteiger partial charge in [0.15, 0.2) is 11.9 Å². The van der Waals surface area contributed by atoms with E-state index in [1.165, 1.54) is 99.9 Å². The summed E-state index contributed by atoms with van der Waals surface area (Å²) in [6.45, 7) is 9.93. The number of benzene rings is 1. The van der Waals surface area contributed by atoms with Crippen LogP contribution in [0.15, 0.2) is 36.8 Å². The predicted molar refractivity (Wildman–Crippen MR) is 509 cm³/mol. The number of carbonyl (C=O) groups is 15. The molecule has 0 spiro atoms. The molecule has 134 heavy (non-hydrogen) atoms. The van der Waals surface area contributed by atoms with Crippen LogP contribution in [0.1, 0.15) is 252 Å². The van der Waals surface area contributed by atoms with Crippen LogP contribution >= 0.6 is 11.8 Å². The second-order valence-corrected chi connectivity index (χ2v) is 35.7. The number of amides is 14. The number of hydrogen-bond acceptors (Lipinski definition) is 25. The van der Waals surface area contributed by atoms with E-state index in [1.807, 2.05) is 0 Å². The molecule has 14 atom stereocenters. The number of nitrogens with two attached hydrogens (primary N) is 6. The van der Waals surface area contributed by atoms with Gasteiger partial charge in [0.1, 0.15) is 84.3 Å². The number of carboxylic acid groups (broad SMARTS) is 1. The zero-order chi connectivity index (χ0) is 100. The predicted octanol–water partition coefficient (Wildman–Crippen LogP) is -1.22. The van der Waals surface area contributed by atoms with Gasteiger partial charge in [0.05, 0.1) is 31.2 Å². The molecule has 1 aromatic carbocycles. The Bertz CT molecular complexity index is 3910. The quantitative estimate of drug-likeness (QED) is 0.0210. The molecule has 44 nitrogen and oxygen atoms in total. The van der Waals surface area contributed by atoms with Crippen molar-refractivity contribution in [3.63, 3.8) is 0 Å². The molecule has 758 valence electrons. The molecular formula is C89H157N25O19S. The number of imidazole rings is 1. The summed E-state index contributed by atoms with van der Waals surface area (Å²) in [5.74, 6) is -16.4. The van der Waals surface area contributed by atoms with Gasteiger partial charge in [0.2, 0.25) is 82.7 Å². The number of nitrogens with one attached hydrogen (secondary N) is 18. The van der Waals surface area contributed by atoms with Crippen molar-refractivity contribution in [2.45, 2.75) is 338 Å². The minimum atomic E-state index is -2.10. The van der Waals surface area contributed by atoms with E-state index in [4.69, 9.17) is 45.2 Å². The molecule has 0 saturated carbocycles. The summed E-state index contributed by atoms with van der Waals surface area (Å²) in [5.41, 5.74) is 35.0. The molecule has 0 unspecified atom stereocenters. The number of thioether (sulfide) groups is 1. The molecule has 2 aromatic rings. The monoisotopic (exact) mass is 1910 g/mol. The molecule has 0 aliphatic heterocycles. The molecule has 0 aliphatic carbocycles. The minimum absolute atomic E-state index is 0.00220. The highest BCUT2D eigenvalue weighted by molar-refractivity contribution is 7.98. The molecule has 0 aliphatic rings. The topological polar surface area (TPSA) is 750 Å². The fraction of sp³-hybridized carbons (Fsp3) is 0.708. The molecule has 0 bridgehead atoms. The zero-order valence-electron chi connectivity index (χ0n) is 79.2. The van der Waals surface area contributed by atoms with Crippen molar-refractivity contribution in [2.24, 2.45) is 46.2 Å². The second-order valence-electron chi connectivity index (χ2n) is 34.7. The van der Waals surface area contributed by atoms with Gasteiger partial charge in [0, 0.05) is 38.5 Å². The third kappa shape index (κ3) is 51.4. The summed E-state index contributed by atoms with van der Waals surface area (Å²) in [6.07, 6.45) is 17.7. The second kappa shape index (κ2) is 68.9. The van der Waals surface area contributed by atoms with E-state index in [9.17, 15) is 92.3 Å². The lowest BCUT2D eigenvalue weighted by atomic mass is 10.0. The smallest absolute Gasteiger partial charge is 0.305 e. The van der Waals surface area contributed by atoms with Crippen LogP contribution in [0.5, 0.6) is 5.75 Å². The first-order valence-electron chi connectivity index (χ1n) is 47.1. The van der Waals surface area contributed by atoms with E-state index >= 15 is 0 Å². The van der Waals surface area contributed by atoms with Gasteiger partial charge in [0.25, 0.3) is 0 Å². The number of aromatic hydroxyl groups is 1. The van der Waals surface area contributed by atoms with Gasteiger partial charge in [-0.05, 0) is 177 Å². The number of carboxylic acids is 1. The number of nitrogens with zero attached hydrogens (tertiary/aromatic N) is 1. The normalized spacial score (nSPS) is 14.4. The van der Waals surface area contributed by atoms with Crippen LogP contribution in [-0.2, 0) is 84.8 Å². The van der Waals surface area contributed by atoms with Crippen molar-refractivity contribution in [1.82, 2.24) is 89.7 Å². The maximum absolute atomic E-state index is 14.8.